The van der Waals surface area contributed by atoms with Crippen LogP contribution in [-0.4, -0.2) is 8.80 Å². The van der Waals surface area contributed by atoms with Gasteiger partial charge in [-0.1, -0.05) is 19.0 Å². The number of benzene rings is 1. The van der Waals surface area contributed by atoms with E-state index in [4.69, 9.17) is 0 Å². The van der Waals surface area contributed by atoms with Crippen LogP contribution in [0.25, 0.3) is 0 Å². The second kappa shape index (κ2) is 4.68. The Morgan fingerprint density at radius 3 is 2.25 bits per heavy atom. The quantitative estimate of drug-likeness (QED) is 0.391. The minimum absolute atomic E-state index is 0.716. The van der Waals surface area contributed by atoms with Gasteiger partial charge in [-0.2, -0.15) is 0 Å². The van der Waals surface area contributed by atoms with E-state index in [0.717, 1.165) is 5.56 Å². The molecule has 0 amide bonds. The lowest BCUT2D eigenvalue weighted by molar-refractivity contribution is 1.60. The minimum Gasteiger partial charge on any atom is -0.131 e. The van der Waals surface area contributed by atoms with Gasteiger partial charge >= 0.3 is 0 Å². The van der Waals surface area contributed by atoms with Gasteiger partial charge in [0.25, 0.3) is 0 Å². The Bertz CT molecular complexity index is 303. The van der Waals surface area contributed by atoms with Crippen LogP contribution in [0.15, 0.2) is 24.3 Å². The lowest BCUT2D eigenvalue weighted by Gasteiger charge is -1.90. The molecule has 1 aromatic rings. The Hall–Kier alpha value is -0.273. The topological polar surface area (TPSA) is 0 Å². The maximum absolute atomic E-state index is 3.27. The van der Waals surface area contributed by atoms with E-state index in [2.05, 4.69) is 71.4 Å². The van der Waals surface area contributed by atoms with Gasteiger partial charge in [0, 0.05) is 9.13 Å². The zero-order chi connectivity index (χ0) is 8.97. The molecule has 0 aliphatic heterocycles. The van der Waals surface area contributed by atoms with Crippen molar-refractivity contribution >= 4 is 31.4 Å². The molecule has 0 unspecified atom stereocenters. The van der Waals surface area contributed by atoms with Crippen molar-refractivity contribution in [3.05, 3.63) is 33.4 Å². The molecule has 0 atom stereocenters. The Balaban J connectivity index is 2.79. The first-order valence-corrected chi connectivity index (χ1v) is 7.92. The van der Waals surface area contributed by atoms with Crippen molar-refractivity contribution in [2.45, 2.75) is 13.1 Å². The molecule has 0 saturated carbocycles. The number of hydrogen-bond acceptors (Lipinski definition) is 0. The highest BCUT2D eigenvalue weighted by atomic mass is 127. The smallest absolute Gasteiger partial charge is 0.117 e. The summed E-state index contributed by atoms with van der Waals surface area (Å²) in [4.78, 5) is 0. The largest absolute Gasteiger partial charge is 0.131 e. The lowest BCUT2D eigenvalue weighted by atomic mass is 10.2. The van der Waals surface area contributed by atoms with E-state index in [-0.39, 0.29) is 0 Å². The van der Waals surface area contributed by atoms with Crippen molar-refractivity contribution in [2.75, 3.05) is 0 Å². The molecule has 1 aromatic carbocycles. The van der Waals surface area contributed by atoms with E-state index in [0.29, 0.717) is 0 Å². The van der Waals surface area contributed by atoms with Crippen molar-refractivity contribution in [3.8, 4) is 11.5 Å². The number of hydrogen-bond donors (Lipinski definition) is 0. The summed E-state index contributed by atoms with van der Waals surface area (Å²) in [6.07, 6.45) is 0. The molecule has 0 nitrogen and oxygen atoms in total. The van der Waals surface area contributed by atoms with Crippen LogP contribution in [0, 0.1) is 15.0 Å². The van der Waals surface area contributed by atoms with Gasteiger partial charge in [-0.15, -0.1) is 5.54 Å². The molecule has 2 heteroatoms. The zero-order valence-electron chi connectivity index (χ0n) is 7.26. The first-order valence-electron chi connectivity index (χ1n) is 3.95. The van der Waals surface area contributed by atoms with Crippen LogP contribution in [-0.2, 0) is 0 Å². The maximum Gasteiger partial charge on any atom is 0.117 e. The fourth-order valence-corrected chi connectivity index (χ4v) is 1.58. The van der Waals surface area contributed by atoms with Gasteiger partial charge in [-0.05, 0) is 46.9 Å². The molecule has 0 aliphatic carbocycles. The number of rotatable bonds is 0. The van der Waals surface area contributed by atoms with E-state index in [1.165, 1.54) is 3.57 Å². The third kappa shape index (κ3) is 3.42. The third-order valence-electron chi connectivity index (χ3n) is 1.35. The molecule has 0 radical (unpaired) electrons. The predicted molar refractivity (Wildman–Crippen MR) is 64.9 cm³/mol. The average Bonchev–Trinajstić information content (AvgIpc) is 2.03. The molecule has 0 aliphatic rings. The van der Waals surface area contributed by atoms with Crippen LogP contribution in [0.5, 0.6) is 0 Å². The maximum atomic E-state index is 3.27. The highest BCUT2D eigenvalue weighted by molar-refractivity contribution is 14.1. The van der Waals surface area contributed by atoms with Crippen LogP contribution in [0.4, 0.5) is 0 Å². The van der Waals surface area contributed by atoms with Crippen LogP contribution in [0.3, 0.4) is 0 Å². The summed E-state index contributed by atoms with van der Waals surface area (Å²) in [6.45, 7) is 4.47. The van der Waals surface area contributed by atoms with Gasteiger partial charge in [0.15, 0.2) is 0 Å². The minimum atomic E-state index is -0.716. The fraction of sp³-hybridized carbons (Fsp3) is 0.200. The molecule has 0 spiro atoms. The molecule has 1 rings (SSSR count). The van der Waals surface area contributed by atoms with E-state index < -0.39 is 8.80 Å². The zero-order valence-corrected chi connectivity index (χ0v) is 10.6. The molecule has 0 heterocycles. The van der Waals surface area contributed by atoms with Crippen molar-refractivity contribution < 1.29 is 0 Å². The molecule has 0 bridgehead atoms. The van der Waals surface area contributed by atoms with Gasteiger partial charge in [0.2, 0.25) is 0 Å². The number of halogens is 1. The normalized spacial score (nSPS) is 9.33. The molecule has 62 valence electrons. The van der Waals surface area contributed by atoms with E-state index in [1.807, 2.05) is 0 Å². The van der Waals surface area contributed by atoms with E-state index >= 15 is 0 Å². The first-order chi connectivity index (χ1) is 5.68. The van der Waals surface area contributed by atoms with Crippen LogP contribution in [0.1, 0.15) is 5.56 Å². The van der Waals surface area contributed by atoms with Gasteiger partial charge in [-0.3, -0.25) is 0 Å². The summed E-state index contributed by atoms with van der Waals surface area (Å²) in [5.74, 6) is 3.18. The van der Waals surface area contributed by atoms with Crippen molar-refractivity contribution in [1.82, 2.24) is 0 Å². The molecule has 0 saturated heterocycles. The molecule has 0 N–H and O–H groups in total. The van der Waals surface area contributed by atoms with E-state index in [1.54, 1.807) is 0 Å². The molecule has 0 aromatic heterocycles. The molecule has 12 heavy (non-hydrogen) atoms. The molecular formula is C10H11ISi. The van der Waals surface area contributed by atoms with Crippen LogP contribution < -0.4 is 0 Å². The summed E-state index contributed by atoms with van der Waals surface area (Å²) in [5.41, 5.74) is 4.40. The standard InChI is InChI=1S/C10H11ISi/c1-12(2)8-7-9-3-5-10(11)6-4-9/h3-6,12H,1-2H3. The summed E-state index contributed by atoms with van der Waals surface area (Å²) in [6, 6.07) is 8.33. The predicted octanol–water partition coefficient (Wildman–Crippen LogP) is 2.67. The Morgan fingerprint density at radius 2 is 1.75 bits per heavy atom. The SMILES string of the molecule is C[SiH](C)C#Cc1ccc(I)cc1. The first kappa shape index (κ1) is 9.81. The monoisotopic (exact) mass is 286 g/mol. The molecule has 0 fully saturated rings. The van der Waals surface area contributed by atoms with Crippen LogP contribution in [0.2, 0.25) is 13.1 Å². The van der Waals surface area contributed by atoms with Gasteiger partial charge in [0.1, 0.15) is 8.80 Å². The summed E-state index contributed by atoms with van der Waals surface area (Å²) >= 11 is 2.30. The van der Waals surface area contributed by atoms with Gasteiger partial charge < -0.3 is 0 Å². The van der Waals surface area contributed by atoms with Gasteiger partial charge in [-0.25, -0.2) is 0 Å². The highest BCUT2D eigenvalue weighted by Crippen LogP contribution is 2.05. The van der Waals surface area contributed by atoms with Crippen LogP contribution >= 0.6 is 22.6 Å². The second-order valence-corrected chi connectivity index (χ2v) is 6.77. The molecular weight excluding hydrogens is 275 g/mol. The van der Waals surface area contributed by atoms with E-state index in [9.17, 15) is 0 Å². The Morgan fingerprint density at radius 1 is 1.17 bits per heavy atom. The summed E-state index contributed by atoms with van der Waals surface area (Å²) in [7, 11) is -0.716. The van der Waals surface area contributed by atoms with Crippen molar-refractivity contribution in [1.29, 1.82) is 0 Å². The fourth-order valence-electron chi connectivity index (χ4n) is 0.761. The van der Waals surface area contributed by atoms with Crippen molar-refractivity contribution in [2.24, 2.45) is 0 Å². The second-order valence-electron chi connectivity index (χ2n) is 2.93. The van der Waals surface area contributed by atoms with Gasteiger partial charge in [0.05, 0.1) is 0 Å². The third-order valence-corrected chi connectivity index (χ3v) is 2.79. The average molecular weight is 286 g/mol. The summed E-state index contributed by atoms with van der Waals surface area (Å²) < 4.78 is 1.26. The Labute approximate surface area is 89.1 Å². The highest BCUT2D eigenvalue weighted by Gasteiger charge is 1.88. The lowest BCUT2D eigenvalue weighted by Crippen LogP contribution is -1.93. The van der Waals surface area contributed by atoms with Crippen molar-refractivity contribution in [3.63, 3.8) is 0 Å². The Kier molecular flexibility index (Phi) is 3.83. The summed E-state index contributed by atoms with van der Waals surface area (Å²) in [5, 5.41) is 0.